The average Bonchev–Trinajstić information content (AvgIpc) is 2.87. The lowest BCUT2D eigenvalue weighted by atomic mass is 10.2. The quantitative estimate of drug-likeness (QED) is 0.242. The zero-order valence-corrected chi connectivity index (χ0v) is 21.1. The monoisotopic (exact) mass is 632 g/mol. The van der Waals surface area contributed by atoms with Crippen molar-refractivity contribution < 1.29 is 56.8 Å². The third-order valence-electron chi connectivity index (χ3n) is 3.00. The van der Waals surface area contributed by atoms with E-state index in [1.807, 2.05) is 0 Å². The minimum absolute atomic E-state index is 0.539. The normalized spacial score (nSPS) is 9.17. The Morgan fingerprint density at radius 2 is 0.806 bits per heavy atom. The van der Waals surface area contributed by atoms with E-state index in [9.17, 15) is 28.8 Å². The lowest BCUT2D eigenvalue weighted by molar-refractivity contribution is -0.134. The van der Waals surface area contributed by atoms with Crippen LogP contribution in [-0.4, -0.2) is 56.9 Å². The molecule has 0 amide bonds. The van der Waals surface area contributed by atoms with Crippen molar-refractivity contribution in [3.8, 4) is 11.5 Å². The van der Waals surface area contributed by atoms with Gasteiger partial charge in [0.25, 0.3) is 0 Å². The molecule has 2 aromatic rings. The van der Waals surface area contributed by atoms with Crippen LogP contribution in [0.15, 0.2) is 72.8 Å². The Morgan fingerprint density at radius 1 is 0.556 bits per heavy atom. The van der Waals surface area contributed by atoms with E-state index in [-0.39, 0.29) is 0 Å². The fourth-order valence-corrected chi connectivity index (χ4v) is 2.17. The van der Waals surface area contributed by atoms with E-state index < -0.39 is 23.9 Å². The van der Waals surface area contributed by atoms with Gasteiger partial charge in [-0.15, -0.1) is 0 Å². The van der Waals surface area contributed by atoms with Gasteiger partial charge < -0.3 is 28.1 Å². The molecule has 0 aliphatic heterocycles. The Morgan fingerprint density at radius 3 is 0.972 bits per heavy atom. The molecule has 2 rings (SSSR count). The summed E-state index contributed by atoms with van der Waals surface area (Å²) in [5.41, 5.74) is 1.08. The molecular weight excluding hydrogens is 616 g/mol. The second-order valence-electron chi connectivity index (χ2n) is 5.49. The Bertz CT molecular complexity index is 963. The van der Waals surface area contributed by atoms with Crippen LogP contribution in [0.5, 0.6) is 11.5 Å². The maximum absolute atomic E-state index is 10.3. The van der Waals surface area contributed by atoms with Crippen LogP contribution in [0.25, 0.3) is 0 Å². The van der Waals surface area contributed by atoms with Gasteiger partial charge in [0, 0.05) is 24.3 Å². The van der Waals surface area contributed by atoms with Crippen molar-refractivity contribution in [2.24, 2.45) is 0 Å². The number of carbonyl (C=O) groups is 6. The van der Waals surface area contributed by atoms with Crippen molar-refractivity contribution in [3.05, 3.63) is 84.0 Å². The SMILES string of the molecule is O=C(O)C=CC(=O)O.O=C(O)C=CC(=O)O.O=Cc1ccccc1OBr.O=Cc1ccccc1OBr. The van der Waals surface area contributed by atoms with E-state index in [2.05, 4.69) is 32.5 Å². The third-order valence-corrected chi connectivity index (χ3v) is 3.69. The van der Waals surface area contributed by atoms with E-state index in [1.54, 1.807) is 48.5 Å². The fraction of sp³-hybridized carbons (Fsp3) is 0. The van der Waals surface area contributed by atoms with Crippen LogP contribution in [0, 0.1) is 0 Å². The largest absolute Gasteiger partial charge is 0.478 e. The van der Waals surface area contributed by atoms with Gasteiger partial charge in [-0.1, -0.05) is 24.3 Å². The lowest BCUT2D eigenvalue weighted by Crippen LogP contribution is -1.91. The molecule has 0 saturated heterocycles. The zero-order chi connectivity index (χ0) is 27.9. The average molecular weight is 634 g/mol. The minimum atomic E-state index is -1.26. The highest BCUT2D eigenvalue weighted by Gasteiger charge is 1.98. The van der Waals surface area contributed by atoms with Gasteiger partial charge >= 0.3 is 23.9 Å². The van der Waals surface area contributed by atoms with Crippen LogP contribution in [0.3, 0.4) is 0 Å². The number of carboxylic acids is 4. The van der Waals surface area contributed by atoms with E-state index in [1.165, 1.54) is 0 Å². The number of aldehydes is 2. The molecule has 4 N–H and O–H groups in total. The van der Waals surface area contributed by atoms with Crippen molar-refractivity contribution in [1.29, 1.82) is 0 Å². The van der Waals surface area contributed by atoms with Gasteiger partial charge in [-0.2, -0.15) is 0 Å². The van der Waals surface area contributed by atoms with Crippen LogP contribution in [0.2, 0.25) is 0 Å². The topological polar surface area (TPSA) is 202 Å². The van der Waals surface area contributed by atoms with Gasteiger partial charge in [-0.05, 0) is 24.3 Å². The molecule has 0 aliphatic carbocycles. The lowest BCUT2D eigenvalue weighted by Gasteiger charge is -1.97. The summed E-state index contributed by atoms with van der Waals surface area (Å²) in [6, 6.07) is 13.9. The molecule has 36 heavy (non-hydrogen) atoms. The predicted molar refractivity (Wildman–Crippen MR) is 132 cm³/mol. The van der Waals surface area contributed by atoms with Crippen LogP contribution in [0.4, 0.5) is 0 Å². The highest BCUT2D eigenvalue weighted by atomic mass is 79.9. The van der Waals surface area contributed by atoms with Gasteiger partial charge in [-0.3, -0.25) is 9.59 Å². The first kappa shape index (κ1) is 33.9. The Kier molecular flexibility index (Phi) is 20.0. The number of hydrogen-bond donors (Lipinski definition) is 4. The van der Waals surface area contributed by atoms with Gasteiger partial charge in [-0.25, -0.2) is 19.2 Å². The Balaban J connectivity index is 0. The summed E-state index contributed by atoms with van der Waals surface area (Å²) in [4.78, 5) is 58.8. The second-order valence-corrected chi connectivity index (χ2v) is 6.13. The number of carbonyl (C=O) groups excluding carboxylic acids is 2. The molecule has 0 aliphatic rings. The molecule has 192 valence electrons. The molecule has 0 spiro atoms. The first-order valence-corrected chi connectivity index (χ1v) is 10.2. The van der Waals surface area contributed by atoms with E-state index in [0.29, 0.717) is 46.9 Å². The minimum Gasteiger partial charge on any atom is -0.478 e. The Labute approximate surface area is 221 Å². The molecule has 0 atom stereocenters. The van der Waals surface area contributed by atoms with E-state index in [4.69, 9.17) is 28.1 Å². The molecule has 0 saturated carbocycles. The number of carboxylic acid groups (broad SMARTS) is 4. The second kappa shape index (κ2) is 21.2. The maximum Gasteiger partial charge on any atom is 0.328 e. The smallest absolute Gasteiger partial charge is 0.328 e. The summed E-state index contributed by atoms with van der Waals surface area (Å²) < 4.78 is 9.43. The van der Waals surface area contributed by atoms with Crippen molar-refractivity contribution in [3.63, 3.8) is 0 Å². The molecule has 14 heteroatoms. The first-order chi connectivity index (χ1) is 17.0. The summed E-state index contributed by atoms with van der Waals surface area (Å²) in [5.74, 6) is -3.95. The molecule has 0 radical (unpaired) electrons. The van der Waals surface area contributed by atoms with Crippen LogP contribution in [0.1, 0.15) is 20.7 Å². The van der Waals surface area contributed by atoms with Crippen molar-refractivity contribution in [1.82, 2.24) is 0 Å². The van der Waals surface area contributed by atoms with Crippen LogP contribution < -0.4 is 7.66 Å². The summed E-state index contributed by atoms with van der Waals surface area (Å²) in [6.45, 7) is 0. The summed E-state index contributed by atoms with van der Waals surface area (Å²) in [5, 5.41) is 31.2. The van der Waals surface area contributed by atoms with Crippen molar-refractivity contribution >= 4 is 69.0 Å². The fourth-order valence-electron chi connectivity index (χ4n) is 1.58. The highest BCUT2D eigenvalue weighted by molar-refractivity contribution is 9.06. The number of benzene rings is 2. The molecule has 12 nitrogen and oxygen atoms in total. The number of rotatable bonds is 8. The van der Waals surface area contributed by atoms with Gasteiger partial charge in [0.2, 0.25) is 0 Å². The molecule has 0 unspecified atom stereocenters. The Hall–Kier alpha value is -4.30. The van der Waals surface area contributed by atoms with Crippen molar-refractivity contribution in [2.45, 2.75) is 0 Å². The van der Waals surface area contributed by atoms with Gasteiger partial charge in [0.05, 0.1) is 11.1 Å². The van der Waals surface area contributed by atoms with E-state index in [0.717, 1.165) is 12.6 Å². The standard InChI is InChI=1S/2C7H5BrO2.2C4H4O4/c2*8-10-7-4-2-1-3-6(7)5-9;2*5-3(6)1-2-4(7)8/h2*1-5H;2*1-2H,(H,5,6)(H,7,8). The van der Waals surface area contributed by atoms with Crippen LogP contribution in [-0.2, 0) is 19.2 Å². The molecule has 0 fully saturated rings. The summed E-state index contributed by atoms with van der Waals surface area (Å²) >= 11 is 5.58. The zero-order valence-electron chi connectivity index (χ0n) is 17.9. The van der Waals surface area contributed by atoms with Crippen molar-refractivity contribution in [2.75, 3.05) is 0 Å². The number of halogens is 2. The first-order valence-electron chi connectivity index (χ1n) is 8.95. The number of para-hydroxylation sites is 2. The molecule has 2 aromatic carbocycles. The third kappa shape index (κ3) is 19.2. The highest BCUT2D eigenvalue weighted by Crippen LogP contribution is 2.17. The predicted octanol–water partition coefficient (Wildman–Crippen LogP) is 3.80. The van der Waals surface area contributed by atoms with Crippen LogP contribution >= 0.6 is 32.5 Å². The van der Waals surface area contributed by atoms with Gasteiger partial charge in [0.1, 0.15) is 11.5 Å². The molecule has 0 aromatic heterocycles. The van der Waals surface area contributed by atoms with E-state index >= 15 is 0 Å². The molecule has 0 heterocycles. The molecule has 0 bridgehead atoms. The summed E-state index contributed by atoms with van der Waals surface area (Å²) in [7, 11) is 0. The maximum atomic E-state index is 10.3. The molecular formula is C22H18Br2O12. The number of hydrogen-bond acceptors (Lipinski definition) is 8. The number of aliphatic carboxylic acids is 4. The van der Waals surface area contributed by atoms with Gasteiger partial charge in [0.15, 0.2) is 45.1 Å². The summed E-state index contributed by atoms with van der Waals surface area (Å²) in [6.07, 6.45) is 3.72.